The summed E-state index contributed by atoms with van der Waals surface area (Å²) >= 11 is 3.17. The van der Waals surface area contributed by atoms with Gasteiger partial charge in [0.1, 0.15) is 12.1 Å². The van der Waals surface area contributed by atoms with E-state index in [0.717, 1.165) is 27.8 Å². The van der Waals surface area contributed by atoms with Crippen molar-refractivity contribution < 1.29 is 24.6 Å². The summed E-state index contributed by atoms with van der Waals surface area (Å²) in [5.41, 5.74) is 5.21. The monoisotopic (exact) mass is 739 g/mol. The Kier molecular flexibility index (Phi) is 14.0. The molecule has 0 aromatic heterocycles. The van der Waals surface area contributed by atoms with Crippen molar-refractivity contribution in [3.05, 3.63) is 143 Å². The van der Waals surface area contributed by atoms with E-state index in [4.69, 9.17) is 0 Å². The van der Waals surface area contributed by atoms with Crippen LogP contribution < -0.4 is 10.6 Å². The molecule has 0 saturated carbocycles. The fourth-order valence-electron chi connectivity index (χ4n) is 6.85. The zero-order valence-corrected chi connectivity index (χ0v) is 31.6. The van der Waals surface area contributed by atoms with Gasteiger partial charge in [-0.25, -0.2) is 4.79 Å². The van der Waals surface area contributed by atoms with Gasteiger partial charge in [0, 0.05) is 25.3 Å². The lowest BCUT2D eigenvalue weighted by Crippen LogP contribution is -2.60. The fraction of sp³-hybridized carbons (Fsp3) is 0.357. The predicted molar refractivity (Wildman–Crippen MR) is 211 cm³/mol. The van der Waals surface area contributed by atoms with Crippen molar-refractivity contribution >= 4 is 41.3 Å². The maximum atomic E-state index is 14.4. The van der Waals surface area contributed by atoms with E-state index in [1.54, 1.807) is 16.7 Å². The third-order valence-corrected chi connectivity index (χ3v) is 11.9. The quantitative estimate of drug-likeness (QED) is 0.0981. The van der Waals surface area contributed by atoms with Crippen LogP contribution in [-0.2, 0) is 32.1 Å². The molecule has 4 aromatic carbocycles. The first-order valence-electron chi connectivity index (χ1n) is 17.8. The van der Waals surface area contributed by atoms with Crippen LogP contribution in [-0.4, -0.2) is 81.4 Å². The zero-order chi connectivity index (χ0) is 37.1. The molecule has 4 atom stereocenters. The number of carbonyl (C=O) groups is 3. The largest absolute Gasteiger partial charge is 0.480 e. The standard InChI is InChI=1S/C42H49N3O5S2/c1-29(2)38(40(48)45-27-31-16-14-13-15-30(31)25-37(45)39(47)44-36(41(49)50)23-24-51-3)43-26-35(46)28-52-42(32-17-7-4-8-18-32,33-19-9-5-10-20-33)34-21-11-6-12-22-34/h4-22,29,35-38,43,46H,23-28H2,1-3H3,(H,44,47)(H,49,50)/t35?,36-,37-,38-/m0/s1. The highest BCUT2D eigenvalue weighted by Crippen LogP contribution is 2.48. The van der Waals surface area contributed by atoms with Crippen molar-refractivity contribution in [2.45, 2.75) is 62.2 Å². The number of hydrogen-bond acceptors (Lipinski definition) is 7. The molecule has 0 bridgehead atoms. The number of aliphatic hydroxyl groups excluding tert-OH is 1. The van der Waals surface area contributed by atoms with Crippen LogP contribution in [0.1, 0.15) is 48.1 Å². The van der Waals surface area contributed by atoms with Crippen molar-refractivity contribution in [2.75, 3.05) is 24.3 Å². The summed E-state index contributed by atoms with van der Waals surface area (Å²) in [5.74, 6) is -1.03. The summed E-state index contributed by atoms with van der Waals surface area (Å²) < 4.78 is -0.594. The van der Waals surface area contributed by atoms with E-state index in [1.165, 1.54) is 11.8 Å². The summed E-state index contributed by atoms with van der Waals surface area (Å²) in [5, 5.41) is 27.4. The van der Waals surface area contributed by atoms with Crippen molar-refractivity contribution in [3.8, 4) is 0 Å². The average Bonchev–Trinajstić information content (AvgIpc) is 3.17. The molecule has 0 fully saturated rings. The van der Waals surface area contributed by atoms with Crippen molar-refractivity contribution in [1.29, 1.82) is 0 Å². The van der Waals surface area contributed by atoms with Gasteiger partial charge in [-0.05, 0) is 52.2 Å². The maximum absolute atomic E-state index is 14.4. The van der Waals surface area contributed by atoms with Crippen LogP contribution in [0.3, 0.4) is 0 Å². The Labute approximate surface area is 315 Å². The van der Waals surface area contributed by atoms with Gasteiger partial charge in [0.15, 0.2) is 0 Å². The minimum Gasteiger partial charge on any atom is -0.480 e. The number of amides is 2. The number of nitrogens with zero attached hydrogens (tertiary/aromatic N) is 1. The third-order valence-electron chi connectivity index (χ3n) is 9.60. The molecule has 1 heterocycles. The van der Waals surface area contributed by atoms with Gasteiger partial charge >= 0.3 is 5.97 Å². The molecule has 1 unspecified atom stereocenters. The lowest BCUT2D eigenvalue weighted by atomic mass is 9.84. The van der Waals surface area contributed by atoms with Crippen LogP contribution in [0.25, 0.3) is 0 Å². The molecule has 0 aliphatic carbocycles. The molecule has 4 aromatic rings. The maximum Gasteiger partial charge on any atom is 0.326 e. The molecule has 10 heteroatoms. The SMILES string of the molecule is CSCC[C@H](NC(=O)[C@@H]1Cc2ccccc2CN1C(=O)[C@@H](NCC(O)CSC(c1ccccc1)(c1ccccc1)c1ccccc1)C(C)C)C(=O)O. The number of nitrogens with one attached hydrogen (secondary N) is 2. The van der Waals surface area contributed by atoms with Crippen molar-refractivity contribution in [3.63, 3.8) is 0 Å². The predicted octanol–water partition coefficient (Wildman–Crippen LogP) is 5.96. The lowest BCUT2D eigenvalue weighted by Gasteiger charge is -2.39. The van der Waals surface area contributed by atoms with Crippen molar-refractivity contribution in [2.24, 2.45) is 5.92 Å². The molecular weight excluding hydrogens is 691 g/mol. The third kappa shape index (κ3) is 9.28. The van der Waals surface area contributed by atoms with E-state index in [1.807, 2.05) is 99.0 Å². The summed E-state index contributed by atoms with van der Waals surface area (Å²) in [7, 11) is 0. The molecule has 0 saturated heterocycles. The van der Waals surface area contributed by atoms with Gasteiger partial charge in [-0.15, -0.1) is 11.8 Å². The van der Waals surface area contributed by atoms with Crippen LogP contribution in [0.5, 0.6) is 0 Å². The van der Waals surface area contributed by atoms with Gasteiger partial charge in [-0.1, -0.05) is 129 Å². The topological polar surface area (TPSA) is 119 Å². The normalized spacial score (nSPS) is 16.1. The molecule has 1 aliphatic heterocycles. The van der Waals surface area contributed by atoms with Crippen LogP contribution in [0.15, 0.2) is 115 Å². The number of carbonyl (C=O) groups excluding carboxylic acids is 2. The zero-order valence-electron chi connectivity index (χ0n) is 30.0. The Morgan fingerprint density at radius 1 is 0.827 bits per heavy atom. The number of aliphatic hydroxyl groups is 1. The number of rotatable bonds is 17. The van der Waals surface area contributed by atoms with Crippen LogP contribution >= 0.6 is 23.5 Å². The highest BCUT2D eigenvalue weighted by Gasteiger charge is 2.40. The second kappa shape index (κ2) is 18.6. The molecule has 0 radical (unpaired) electrons. The number of aliphatic carboxylic acids is 1. The molecule has 1 aliphatic rings. The van der Waals surface area contributed by atoms with E-state index in [2.05, 4.69) is 47.0 Å². The van der Waals surface area contributed by atoms with Gasteiger partial charge in [0.25, 0.3) is 0 Å². The molecule has 0 spiro atoms. The number of thioether (sulfide) groups is 2. The molecule has 274 valence electrons. The average molecular weight is 740 g/mol. The van der Waals surface area contributed by atoms with E-state index in [-0.39, 0.29) is 37.8 Å². The van der Waals surface area contributed by atoms with Crippen LogP contribution in [0, 0.1) is 5.92 Å². The number of hydrogen-bond donors (Lipinski definition) is 4. The van der Waals surface area contributed by atoms with E-state index in [9.17, 15) is 24.6 Å². The Hall–Kier alpha value is -4.09. The second-order valence-electron chi connectivity index (χ2n) is 13.5. The number of carboxylic acid groups (broad SMARTS) is 1. The first-order chi connectivity index (χ1) is 25.1. The smallest absolute Gasteiger partial charge is 0.326 e. The Balaban J connectivity index is 1.35. The second-order valence-corrected chi connectivity index (χ2v) is 15.7. The van der Waals surface area contributed by atoms with Gasteiger partial charge in [-0.3, -0.25) is 9.59 Å². The Bertz CT molecular complexity index is 1660. The first-order valence-corrected chi connectivity index (χ1v) is 20.1. The fourth-order valence-corrected chi connectivity index (χ4v) is 8.79. The number of fused-ring (bicyclic) bond motifs is 1. The molecule has 52 heavy (non-hydrogen) atoms. The van der Waals surface area contributed by atoms with Crippen LogP contribution in [0.2, 0.25) is 0 Å². The lowest BCUT2D eigenvalue weighted by molar-refractivity contribution is -0.147. The van der Waals surface area contributed by atoms with E-state index in [0.29, 0.717) is 11.5 Å². The van der Waals surface area contributed by atoms with E-state index < -0.39 is 40.9 Å². The highest BCUT2D eigenvalue weighted by molar-refractivity contribution is 8.00. The first kappa shape index (κ1) is 39.1. The minimum atomic E-state index is -1.10. The van der Waals surface area contributed by atoms with Gasteiger partial charge in [-0.2, -0.15) is 11.8 Å². The molecule has 8 nitrogen and oxygen atoms in total. The molecular formula is C42H49N3O5S2. The van der Waals surface area contributed by atoms with Gasteiger partial charge in [0.2, 0.25) is 11.8 Å². The summed E-state index contributed by atoms with van der Waals surface area (Å²) in [4.78, 5) is 41.7. The van der Waals surface area contributed by atoms with Gasteiger partial charge < -0.3 is 25.7 Å². The molecule has 2 amide bonds. The Morgan fingerprint density at radius 3 is 1.85 bits per heavy atom. The summed E-state index contributed by atoms with van der Waals surface area (Å²) in [6.45, 7) is 4.27. The number of benzene rings is 4. The summed E-state index contributed by atoms with van der Waals surface area (Å²) in [6, 6.07) is 36.1. The molecule has 5 rings (SSSR count). The molecule has 4 N–H and O–H groups in total. The van der Waals surface area contributed by atoms with Gasteiger partial charge in [0.05, 0.1) is 16.9 Å². The van der Waals surface area contributed by atoms with Crippen LogP contribution in [0.4, 0.5) is 0 Å². The Morgan fingerprint density at radius 2 is 1.35 bits per heavy atom. The highest BCUT2D eigenvalue weighted by atomic mass is 32.2. The minimum absolute atomic E-state index is 0.154. The number of carboxylic acids is 1. The summed E-state index contributed by atoms with van der Waals surface area (Å²) in [6.07, 6.45) is 1.66. The van der Waals surface area contributed by atoms with E-state index >= 15 is 0 Å². The van der Waals surface area contributed by atoms with Crippen molar-refractivity contribution in [1.82, 2.24) is 15.5 Å².